The van der Waals surface area contributed by atoms with Gasteiger partial charge < -0.3 is 10.2 Å². The Labute approximate surface area is 137 Å². The fourth-order valence-corrected chi connectivity index (χ4v) is 2.74. The fraction of sp³-hybridized carbons (Fsp3) is 0. The van der Waals surface area contributed by atoms with Crippen LogP contribution in [0.25, 0.3) is 27.7 Å². The maximum atomic E-state index is 13.2. The number of aromatic hydroxyl groups is 2. The van der Waals surface area contributed by atoms with E-state index in [0.717, 1.165) is 22.0 Å². The lowest BCUT2D eigenvalue weighted by atomic mass is 10.0. The lowest BCUT2D eigenvalue weighted by Gasteiger charge is -2.06. The number of benzene rings is 3. The lowest BCUT2D eigenvalue weighted by molar-refractivity contribution is 0.432. The minimum Gasteiger partial charge on any atom is -0.508 e. The zero-order valence-corrected chi connectivity index (χ0v) is 12.5. The minimum atomic E-state index is -0.665. The van der Waals surface area contributed by atoms with Crippen LogP contribution in [0.5, 0.6) is 11.5 Å². The van der Waals surface area contributed by atoms with E-state index < -0.39 is 11.6 Å². The Morgan fingerprint density at radius 2 is 1.71 bits per heavy atom. The van der Waals surface area contributed by atoms with E-state index in [-0.39, 0.29) is 5.75 Å². The Kier molecular flexibility index (Phi) is 3.20. The molecule has 0 atom stereocenters. The van der Waals surface area contributed by atoms with Gasteiger partial charge in [-0.3, -0.25) is 0 Å². The first kappa shape index (κ1) is 14.3. The quantitative estimate of drug-likeness (QED) is 0.581. The fourth-order valence-electron chi connectivity index (χ4n) is 2.74. The van der Waals surface area contributed by atoms with Gasteiger partial charge in [-0.05, 0) is 47.5 Å². The molecule has 5 heteroatoms. The van der Waals surface area contributed by atoms with E-state index in [4.69, 9.17) is 0 Å². The molecule has 0 bridgehead atoms. The minimum absolute atomic E-state index is 0.213. The van der Waals surface area contributed by atoms with Gasteiger partial charge in [0.1, 0.15) is 5.75 Å². The highest BCUT2D eigenvalue weighted by Gasteiger charge is 2.09. The first-order valence-electron chi connectivity index (χ1n) is 7.38. The highest BCUT2D eigenvalue weighted by atomic mass is 19.1. The number of fused-ring (bicyclic) bond motifs is 1. The number of nitrogens with zero attached hydrogens (tertiary/aromatic N) is 2. The van der Waals surface area contributed by atoms with E-state index in [1.54, 1.807) is 35.1 Å². The van der Waals surface area contributed by atoms with E-state index in [9.17, 15) is 14.6 Å². The van der Waals surface area contributed by atoms with Crippen LogP contribution in [0.4, 0.5) is 4.39 Å². The van der Waals surface area contributed by atoms with E-state index >= 15 is 0 Å². The summed E-state index contributed by atoms with van der Waals surface area (Å²) in [5, 5.41) is 24.4. The zero-order chi connectivity index (χ0) is 16.7. The molecular weight excluding hydrogens is 307 g/mol. The topological polar surface area (TPSA) is 58.3 Å². The monoisotopic (exact) mass is 320 g/mol. The summed E-state index contributed by atoms with van der Waals surface area (Å²) in [4.78, 5) is 0. The maximum absolute atomic E-state index is 13.2. The van der Waals surface area contributed by atoms with Crippen molar-refractivity contribution in [3.8, 4) is 28.3 Å². The predicted octanol–water partition coefficient (Wildman–Crippen LogP) is 4.24. The van der Waals surface area contributed by atoms with Crippen molar-refractivity contribution in [2.75, 3.05) is 0 Å². The third-order valence-electron chi connectivity index (χ3n) is 3.92. The molecule has 2 N–H and O–H groups in total. The second kappa shape index (κ2) is 5.38. The number of aromatic nitrogens is 2. The third-order valence-corrected chi connectivity index (χ3v) is 3.92. The van der Waals surface area contributed by atoms with Gasteiger partial charge in [-0.1, -0.05) is 18.2 Å². The summed E-state index contributed by atoms with van der Waals surface area (Å²) in [6.45, 7) is 0. The molecular formula is C19H13FN2O2. The Hall–Kier alpha value is -3.34. The molecule has 0 amide bonds. The molecule has 0 saturated carbocycles. The third kappa shape index (κ3) is 2.36. The molecule has 4 rings (SSSR count). The van der Waals surface area contributed by atoms with E-state index in [0.29, 0.717) is 5.69 Å². The number of hydrogen-bond donors (Lipinski definition) is 2. The van der Waals surface area contributed by atoms with Crippen LogP contribution in [0, 0.1) is 5.82 Å². The van der Waals surface area contributed by atoms with Crippen LogP contribution >= 0.6 is 0 Å². The smallest absolute Gasteiger partial charge is 0.164 e. The molecule has 1 heterocycles. The average Bonchev–Trinajstić information content (AvgIpc) is 3.00. The van der Waals surface area contributed by atoms with Crippen molar-refractivity contribution in [1.29, 1.82) is 0 Å². The molecule has 0 fully saturated rings. The average molecular weight is 320 g/mol. The van der Waals surface area contributed by atoms with Gasteiger partial charge >= 0.3 is 0 Å². The molecule has 0 spiro atoms. The zero-order valence-electron chi connectivity index (χ0n) is 12.5. The van der Waals surface area contributed by atoms with Crippen molar-refractivity contribution in [3.05, 3.63) is 72.7 Å². The Bertz CT molecular complexity index is 1060. The number of rotatable bonds is 2. The second-order valence-corrected chi connectivity index (χ2v) is 5.52. The van der Waals surface area contributed by atoms with Crippen LogP contribution < -0.4 is 0 Å². The van der Waals surface area contributed by atoms with Gasteiger partial charge in [0.15, 0.2) is 11.6 Å². The summed E-state index contributed by atoms with van der Waals surface area (Å²) in [5.74, 6) is -0.862. The van der Waals surface area contributed by atoms with Crippen molar-refractivity contribution >= 4 is 10.9 Å². The van der Waals surface area contributed by atoms with Gasteiger partial charge in [-0.15, -0.1) is 0 Å². The number of phenols is 2. The van der Waals surface area contributed by atoms with Crippen molar-refractivity contribution in [2.24, 2.45) is 0 Å². The molecule has 0 aliphatic heterocycles. The standard InChI is InChI=1S/C19H13FN2O2/c20-17-6-5-15(10-19(17)24)22-18-7-4-13(8-14(18)11-21-22)12-2-1-3-16(23)9-12/h1-11,23-24H. The van der Waals surface area contributed by atoms with Gasteiger partial charge in [0.2, 0.25) is 0 Å². The summed E-state index contributed by atoms with van der Waals surface area (Å²) >= 11 is 0. The SMILES string of the molecule is Oc1cccc(-c2ccc3c(cnn3-c3ccc(F)c(O)c3)c2)c1. The van der Waals surface area contributed by atoms with E-state index in [2.05, 4.69) is 5.10 Å². The van der Waals surface area contributed by atoms with Gasteiger partial charge in [-0.2, -0.15) is 5.10 Å². The van der Waals surface area contributed by atoms with Crippen molar-refractivity contribution in [3.63, 3.8) is 0 Å². The molecule has 4 nitrogen and oxygen atoms in total. The molecule has 0 unspecified atom stereocenters. The summed E-state index contributed by atoms with van der Waals surface area (Å²) in [5.41, 5.74) is 3.28. The van der Waals surface area contributed by atoms with Crippen LogP contribution in [-0.4, -0.2) is 20.0 Å². The summed E-state index contributed by atoms with van der Waals surface area (Å²) in [6, 6.07) is 16.9. The molecule has 0 radical (unpaired) electrons. The van der Waals surface area contributed by atoms with Gasteiger partial charge in [0.05, 0.1) is 17.4 Å². The lowest BCUT2D eigenvalue weighted by Crippen LogP contribution is -1.96. The number of phenolic OH excluding ortho intramolecular Hbond substituents is 2. The maximum Gasteiger partial charge on any atom is 0.164 e. The van der Waals surface area contributed by atoms with Crippen molar-refractivity contribution in [1.82, 2.24) is 9.78 Å². The molecule has 0 aliphatic rings. The van der Waals surface area contributed by atoms with Crippen LogP contribution in [-0.2, 0) is 0 Å². The molecule has 0 aliphatic carbocycles. The second-order valence-electron chi connectivity index (χ2n) is 5.52. The summed E-state index contributed by atoms with van der Waals surface area (Å²) in [6.07, 6.45) is 1.71. The van der Waals surface area contributed by atoms with Crippen LogP contribution in [0.3, 0.4) is 0 Å². The molecule has 118 valence electrons. The van der Waals surface area contributed by atoms with Gasteiger partial charge in [0.25, 0.3) is 0 Å². The largest absolute Gasteiger partial charge is 0.508 e. The molecule has 24 heavy (non-hydrogen) atoms. The van der Waals surface area contributed by atoms with Crippen LogP contribution in [0.2, 0.25) is 0 Å². The number of hydrogen-bond acceptors (Lipinski definition) is 3. The summed E-state index contributed by atoms with van der Waals surface area (Å²) < 4.78 is 14.9. The van der Waals surface area contributed by atoms with Gasteiger partial charge in [0, 0.05) is 11.5 Å². The molecule has 0 saturated heterocycles. The number of halogens is 1. The van der Waals surface area contributed by atoms with Gasteiger partial charge in [-0.25, -0.2) is 9.07 Å². The van der Waals surface area contributed by atoms with Crippen LogP contribution in [0.15, 0.2) is 66.9 Å². The van der Waals surface area contributed by atoms with E-state index in [1.807, 2.05) is 24.3 Å². The molecule has 1 aromatic heterocycles. The summed E-state index contributed by atoms with van der Waals surface area (Å²) in [7, 11) is 0. The Balaban J connectivity index is 1.82. The van der Waals surface area contributed by atoms with Crippen LogP contribution in [0.1, 0.15) is 0 Å². The molecule has 4 aromatic rings. The first-order chi connectivity index (χ1) is 11.6. The van der Waals surface area contributed by atoms with Crippen molar-refractivity contribution < 1.29 is 14.6 Å². The normalized spacial score (nSPS) is 11.0. The molecule has 3 aromatic carbocycles. The predicted molar refractivity (Wildman–Crippen MR) is 89.8 cm³/mol. The highest BCUT2D eigenvalue weighted by molar-refractivity contribution is 5.86. The van der Waals surface area contributed by atoms with Crippen molar-refractivity contribution in [2.45, 2.75) is 0 Å². The highest BCUT2D eigenvalue weighted by Crippen LogP contribution is 2.28. The Morgan fingerprint density at radius 1 is 0.875 bits per heavy atom. The van der Waals surface area contributed by atoms with E-state index in [1.165, 1.54) is 12.1 Å². The Morgan fingerprint density at radius 3 is 2.50 bits per heavy atom. The first-order valence-corrected chi connectivity index (χ1v) is 7.38.